The van der Waals surface area contributed by atoms with E-state index in [0.29, 0.717) is 30.0 Å². The summed E-state index contributed by atoms with van der Waals surface area (Å²) >= 11 is 0. The number of nitrogens with zero attached hydrogens (tertiary/aromatic N) is 1. The smallest absolute Gasteiger partial charge is 0.337 e. The van der Waals surface area contributed by atoms with Crippen LogP contribution in [0.2, 0.25) is 0 Å². The summed E-state index contributed by atoms with van der Waals surface area (Å²) in [6.45, 7) is 0.939. The first kappa shape index (κ1) is 19.1. The Labute approximate surface area is 156 Å². The van der Waals surface area contributed by atoms with E-state index in [1.807, 2.05) is 4.90 Å². The number of hydrogen-bond acceptors (Lipinski definition) is 5. The van der Waals surface area contributed by atoms with Gasteiger partial charge in [-0.15, -0.1) is 0 Å². The van der Waals surface area contributed by atoms with Crippen molar-refractivity contribution >= 4 is 11.7 Å². The number of anilines is 1. The van der Waals surface area contributed by atoms with Gasteiger partial charge in [0, 0.05) is 24.8 Å². The van der Waals surface area contributed by atoms with Crippen LogP contribution in [0.4, 0.5) is 14.5 Å². The number of fused-ring (bicyclic) bond motifs is 1. The third kappa shape index (κ3) is 4.54. The summed E-state index contributed by atoms with van der Waals surface area (Å²) in [5.41, 5.74) is 1.76. The molecule has 0 fully saturated rings. The van der Waals surface area contributed by atoms with Gasteiger partial charge in [-0.25, -0.2) is 13.6 Å². The Hall–Kier alpha value is -2.67. The van der Waals surface area contributed by atoms with Crippen LogP contribution in [0.5, 0.6) is 5.75 Å². The zero-order valence-corrected chi connectivity index (χ0v) is 15.0. The molecule has 1 N–H and O–H groups in total. The van der Waals surface area contributed by atoms with Crippen LogP contribution in [0.3, 0.4) is 0 Å². The fourth-order valence-electron chi connectivity index (χ4n) is 3.15. The predicted molar refractivity (Wildman–Crippen MR) is 96.2 cm³/mol. The lowest BCUT2D eigenvalue weighted by Gasteiger charge is -2.33. The van der Waals surface area contributed by atoms with E-state index in [1.165, 1.54) is 19.2 Å². The van der Waals surface area contributed by atoms with Crippen LogP contribution in [-0.2, 0) is 11.2 Å². The third-order valence-corrected chi connectivity index (χ3v) is 4.49. The van der Waals surface area contributed by atoms with Crippen LogP contribution in [0, 0.1) is 11.6 Å². The number of carbonyl (C=O) groups excluding carboxylic acids is 1. The van der Waals surface area contributed by atoms with Crippen molar-refractivity contribution in [1.29, 1.82) is 0 Å². The second kappa shape index (κ2) is 8.35. The molecule has 1 aliphatic rings. The van der Waals surface area contributed by atoms with Crippen LogP contribution in [0.1, 0.15) is 22.3 Å². The van der Waals surface area contributed by atoms with Gasteiger partial charge in [0.15, 0.2) is 11.6 Å². The largest absolute Gasteiger partial charge is 0.491 e. The van der Waals surface area contributed by atoms with Crippen molar-refractivity contribution in [3.63, 3.8) is 0 Å². The molecule has 2 aromatic carbocycles. The number of ether oxygens (including phenoxy) is 2. The van der Waals surface area contributed by atoms with Gasteiger partial charge >= 0.3 is 5.97 Å². The summed E-state index contributed by atoms with van der Waals surface area (Å²) in [5, 5.41) is 10.3. The zero-order chi connectivity index (χ0) is 19.4. The van der Waals surface area contributed by atoms with Gasteiger partial charge in [-0.1, -0.05) is 0 Å². The molecule has 7 heteroatoms. The number of carbonyl (C=O) groups is 1. The number of hydrogen-bond donors (Lipinski definition) is 1. The monoisotopic (exact) mass is 377 g/mol. The Bertz CT molecular complexity index is 810. The van der Waals surface area contributed by atoms with Gasteiger partial charge in [0.05, 0.1) is 12.7 Å². The molecule has 1 heterocycles. The van der Waals surface area contributed by atoms with Gasteiger partial charge in [0.1, 0.15) is 18.5 Å². The van der Waals surface area contributed by atoms with Crippen LogP contribution in [-0.4, -0.2) is 44.0 Å². The first-order valence-electron chi connectivity index (χ1n) is 8.70. The molecule has 0 spiro atoms. The van der Waals surface area contributed by atoms with Crippen LogP contribution in [0.15, 0.2) is 36.4 Å². The molecule has 0 saturated carbocycles. The van der Waals surface area contributed by atoms with Crippen molar-refractivity contribution in [3.05, 3.63) is 59.2 Å². The third-order valence-electron chi connectivity index (χ3n) is 4.49. The van der Waals surface area contributed by atoms with Crippen molar-refractivity contribution in [2.45, 2.75) is 18.9 Å². The van der Waals surface area contributed by atoms with Gasteiger partial charge in [-0.2, -0.15) is 0 Å². The molecular weight excluding hydrogens is 356 g/mol. The van der Waals surface area contributed by atoms with Gasteiger partial charge < -0.3 is 19.5 Å². The molecule has 144 valence electrons. The summed E-state index contributed by atoms with van der Waals surface area (Å²) < 4.78 is 37.2. The van der Waals surface area contributed by atoms with Crippen molar-refractivity contribution < 1.29 is 28.2 Å². The average Bonchev–Trinajstić information content (AvgIpc) is 2.67. The summed E-state index contributed by atoms with van der Waals surface area (Å²) in [4.78, 5) is 13.2. The SMILES string of the molecule is COC(=O)c1ccc(OCC(O)CN2CCCc3cc(F)c(F)cc32)cc1. The van der Waals surface area contributed by atoms with Crippen molar-refractivity contribution in [1.82, 2.24) is 0 Å². The maximum absolute atomic E-state index is 13.6. The van der Waals surface area contributed by atoms with E-state index < -0.39 is 23.7 Å². The number of benzene rings is 2. The van der Waals surface area contributed by atoms with E-state index in [2.05, 4.69) is 4.74 Å². The summed E-state index contributed by atoms with van der Waals surface area (Å²) in [6.07, 6.45) is 0.673. The Morgan fingerprint density at radius 3 is 2.63 bits per heavy atom. The molecule has 1 atom stereocenters. The molecule has 27 heavy (non-hydrogen) atoms. The second-order valence-corrected chi connectivity index (χ2v) is 6.43. The van der Waals surface area contributed by atoms with Gasteiger partial charge in [-0.3, -0.25) is 0 Å². The highest BCUT2D eigenvalue weighted by Crippen LogP contribution is 2.29. The first-order chi connectivity index (χ1) is 13.0. The van der Waals surface area contributed by atoms with Gasteiger partial charge in [0.25, 0.3) is 0 Å². The molecular formula is C20H21F2NO4. The maximum atomic E-state index is 13.6. The Kier molecular flexibility index (Phi) is 5.91. The summed E-state index contributed by atoms with van der Waals surface area (Å²) in [6, 6.07) is 8.80. The topological polar surface area (TPSA) is 59.0 Å². The van der Waals surface area contributed by atoms with Gasteiger partial charge in [-0.05, 0) is 48.7 Å². The minimum Gasteiger partial charge on any atom is -0.491 e. The number of aryl methyl sites for hydroxylation is 1. The molecule has 0 amide bonds. The number of β-amino-alcohol motifs (C(OH)–C–C–N with tert-alkyl or cyclic N) is 1. The number of halogens is 2. The van der Waals surface area contributed by atoms with E-state index in [4.69, 9.17) is 4.74 Å². The number of aliphatic hydroxyl groups excluding tert-OH is 1. The van der Waals surface area contributed by atoms with Crippen LogP contribution in [0.25, 0.3) is 0 Å². The van der Waals surface area contributed by atoms with E-state index in [9.17, 15) is 18.7 Å². The molecule has 1 aliphatic heterocycles. The van der Waals surface area contributed by atoms with Crippen LogP contribution < -0.4 is 9.64 Å². The fraction of sp³-hybridized carbons (Fsp3) is 0.350. The highest BCUT2D eigenvalue weighted by atomic mass is 19.2. The van der Waals surface area contributed by atoms with Crippen molar-refractivity contribution in [2.24, 2.45) is 0 Å². The lowest BCUT2D eigenvalue weighted by Crippen LogP contribution is -2.38. The quantitative estimate of drug-likeness (QED) is 0.785. The number of aliphatic hydroxyl groups is 1. The number of methoxy groups -OCH3 is 1. The molecule has 3 rings (SSSR count). The minimum atomic E-state index is -0.892. The van der Waals surface area contributed by atoms with Crippen molar-refractivity contribution in [3.8, 4) is 5.75 Å². The van der Waals surface area contributed by atoms with Crippen LogP contribution >= 0.6 is 0 Å². The van der Waals surface area contributed by atoms with E-state index in [0.717, 1.165) is 12.0 Å². The minimum absolute atomic E-state index is 0.0348. The lowest BCUT2D eigenvalue weighted by atomic mass is 10.0. The average molecular weight is 377 g/mol. The molecule has 0 radical (unpaired) electrons. The maximum Gasteiger partial charge on any atom is 0.337 e. The molecule has 2 aromatic rings. The second-order valence-electron chi connectivity index (χ2n) is 6.43. The normalized spacial score (nSPS) is 14.4. The predicted octanol–water partition coefficient (Wildman–Crippen LogP) is 2.94. The summed E-state index contributed by atoms with van der Waals surface area (Å²) in [7, 11) is 1.31. The lowest BCUT2D eigenvalue weighted by molar-refractivity contribution is 0.0600. The van der Waals surface area contributed by atoms with E-state index >= 15 is 0 Å². The molecule has 0 saturated heterocycles. The highest BCUT2D eigenvalue weighted by Gasteiger charge is 2.22. The van der Waals surface area contributed by atoms with E-state index in [1.54, 1.807) is 24.3 Å². The highest BCUT2D eigenvalue weighted by molar-refractivity contribution is 5.89. The molecule has 1 unspecified atom stereocenters. The Morgan fingerprint density at radius 1 is 1.22 bits per heavy atom. The zero-order valence-electron chi connectivity index (χ0n) is 15.0. The molecule has 0 aliphatic carbocycles. The molecule has 0 bridgehead atoms. The van der Waals surface area contributed by atoms with E-state index in [-0.39, 0.29) is 13.2 Å². The summed E-state index contributed by atoms with van der Waals surface area (Å²) in [5.74, 6) is -1.67. The standard InChI is InChI=1S/C20H21F2NO4/c1-26-20(25)13-4-6-16(7-5-13)27-12-15(24)11-23-8-2-3-14-9-17(21)18(22)10-19(14)23/h4-7,9-10,15,24H,2-3,8,11-12H2,1H3. The number of rotatable bonds is 6. The van der Waals surface area contributed by atoms with Crippen molar-refractivity contribution in [2.75, 3.05) is 31.7 Å². The molecule has 5 nitrogen and oxygen atoms in total. The fourth-order valence-corrected chi connectivity index (χ4v) is 3.15. The number of esters is 1. The Morgan fingerprint density at radius 2 is 1.93 bits per heavy atom. The van der Waals surface area contributed by atoms with Gasteiger partial charge in [0.2, 0.25) is 0 Å². The first-order valence-corrected chi connectivity index (χ1v) is 8.70. The molecule has 0 aromatic heterocycles. The Balaban J connectivity index is 1.58.